The third-order valence-corrected chi connectivity index (χ3v) is 4.10. The van der Waals surface area contributed by atoms with E-state index in [1.807, 2.05) is 0 Å². The monoisotopic (exact) mass is 261 g/mol. The molecule has 0 bridgehead atoms. The van der Waals surface area contributed by atoms with Gasteiger partial charge in [-0.2, -0.15) is 0 Å². The molecule has 0 amide bonds. The summed E-state index contributed by atoms with van der Waals surface area (Å²) in [6, 6.07) is 8.50. The molecule has 1 aromatic rings. The predicted molar refractivity (Wildman–Crippen MR) is 80.4 cm³/mol. The molecule has 0 heterocycles. The fraction of sp³-hybridized carbons (Fsp3) is 0.647. The minimum absolute atomic E-state index is 0.536. The van der Waals surface area contributed by atoms with E-state index in [0.29, 0.717) is 5.92 Å². The van der Waals surface area contributed by atoms with Gasteiger partial charge in [-0.05, 0) is 55.3 Å². The van der Waals surface area contributed by atoms with Gasteiger partial charge in [0.1, 0.15) is 5.75 Å². The number of ether oxygens (including phenoxy) is 1. The Morgan fingerprint density at radius 3 is 2.79 bits per heavy atom. The van der Waals surface area contributed by atoms with Gasteiger partial charge < -0.3 is 10.5 Å². The molecular weight excluding hydrogens is 234 g/mol. The lowest BCUT2D eigenvalue weighted by Gasteiger charge is -2.21. The Hall–Kier alpha value is -1.02. The van der Waals surface area contributed by atoms with E-state index in [-0.39, 0.29) is 0 Å². The van der Waals surface area contributed by atoms with Crippen molar-refractivity contribution in [1.82, 2.24) is 0 Å². The lowest BCUT2D eigenvalue weighted by molar-refractivity contribution is 0.208. The molecule has 1 unspecified atom stereocenters. The average Bonchev–Trinajstić information content (AvgIpc) is 2.46. The van der Waals surface area contributed by atoms with Crippen LogP contribution in [0, 0.1) is 11.8 Å². The molecule has 1 fully saturated rings. The molecule has 0 saturated heterocycles. The van der Waals surface area contributed by atoms with Gasteiger partial charge >= 0.3 is 0 Å². The van der Waals surface area contributed by atoms with Crippen molar-refractivity contribution in [1.29, 1.82) is 0 Å². The van der Waals surface area contributed by atoms with Crippen molar-refractivity contribution in [2.24, 2.45) is 17.6 Å². The Morgan fingerprint density at radius 2 is 2.05 bits per heavy atom. The molecule has 0 radical (unpaired) electrons. The van der Waals surface area contributed by atoms with Crippen LogP contribution < -0.4 is 10.5 Å². The lowest BCUT2D eigenvalue weighted by Crippen LogP contribution is -2.15. The van der Waals surface area contributed by atoms with Crippen LogP contribution in [-0.2, 0) is 6.42 Å². The summed E-state index contributed by atoms with van der Waals surface area (Å²) in [5.74, 6) is 2.32. The quantitative estimate of drug-likeness (QED) is 0.845. The van der Waals surface area contributed by atoms with Gasteiger partial charge in [0.25, 0.3) is 0 Å². The Kier molecular flexibility index (Phi) is 5.71. The summed E-state index contributed by atoms with van der Waals surface area (Å²) in [5, 5.41) is 0. The Labute approximate surface area is 117 Å². The first kappa shape index (κ1) is 14.4. The summed E-state index contributed by atoms with van der Waals surface area (Å²) >= 11 is 0. The number of rotatable bonds is 6. The van der Waals surface area contributed by atoms with Gasteiger partial charge in [-0.15, -0.1) is 0 Å². The lowest BCUT2D eigenvalue weighted by atomic mass is 9.90. The van der Waals surface area contributed by atoms with E-state index in [9.17, 15) is 0 Å². The summed E-state index contributed by atoms with van der Waals surface area (Å²) in [5.41, 5.74) is 7.02. The van der Waals surface area contributed by atoms with E-state index in [1.54, 1.807) is 0 Å². The van der Waals surface area contributed by atoms with Crippen molar-refractivity contribution in [3.05, 3.63) is 29.8 Å². The van der Waals surface area contributed by atoms with E-state index in [0.717, 1.165) is 31.2 Å². The third-order valence-electron chi connectivity index (χ3n) is 4.10. The van der Waals surface area contributed by atoms with Crippen molar-refractivity contribution in [2.75, 3.05) is 13.2 Å². The highest BCUT2D eigenvalue weighted by molar-refractivity contribution is 5.28. The zero-order chi connectivity index (χ0) is 13.5. The fourth-order valence-corrected chi connectivity index (χ4v) is 2.82. The van der Waals surface area contributed by atoms with Crippen LogP contribution in [0.3, 0.4) is 0 Å². The number of nitrogens with two attached hydrogens (primary N) is 1. The predicted octanol–water partition coefficient (Wildman–Crippen LogP) is 3.78. The molecular formula is C17H27NO. The second-order valence-corrected chi connectivity index (χ2v) is 6.01. The maximum absolute atomic E-state index is 5.97. The van der Waals surface area contributed by atoms with E-state index in [2.05, 4.69) is 31.2 Å². The van der Waals surface area contributed by atoms with Gasteiger partial charge in [0.2, 0.25) is 0 Å². The largest absolute Gasteiger partial charge is 0.493 e. The molecule has 1 atom stereocenters. The van der Waals surface area contributed by atoms with Crippen molar-refractivity contribution in [3.8, 4) is 5.75 Å². The Bertz CT molecular complexity index is 371. The minimum Gasteiger partial charge on any atom is -0.493 e. The number of benzene rings is 1. The van der Waals surface area contributed by atoms with Crippen molar-refractivity contribution in [2.45, 2.75) is 45.4 Å². The molecule has 19 heavy (non-hydrogen) atoms. The summed E-state index contributed by atoms with van der Waals surface area (Å²) in [6.45, 7) is 3.82. The number of hydrogen-bond acceptors (Lipinski definition) is 2. The standard InChI is InChI=1S/C17H27NO/c1-14(12-18)10-16-8-5-9-17(11-16)19-13-15-6-3-2-4-7-15/h5,8-9,11,14-15H,2-4,6-7,10,12-13,18H2,1H3. The van der Waals surface area contributed by atoms with Crippen LogP contribution in [0.15, 0.2) is 24.3 Å². The zero-order valence-electron chi connectivity index (χ0n) is 12.1. The van der Waals surface area contributed by atoms with Crippen molar-refractivity contribution in [3.63, 3.8) is 0 Å². The maximum Gasteiger partial charge on any atom is 0.119 e. The molecule has 106 valence electrons. The van der Waals surface area contributed by atoms with Crippen LogP contribution in [0.5, 0.6) is 5.75 Å². The third kappa shape index (κ3) is 4.87. The first-order valence-electron chi connectivity index (χ1n) is 7.69. The molecule has 2 nitrogen and oxygen atoms in total. The molecule has 0 spiro atoms. The van der Waals surface area contributed by atoms with Gasteiger partial charge in [0, 0.05) is 0 Å². The Morgan fingerprint density at radius 1 is 1.26 bits per heavy atom. The van der Waals surface area contributed by atoms with Crippen LogP contribution in [0.4, 0.5) is 0 Å². The molecule has 2 rings (SSSR count). The molecule has 1 aliphatic rings. The van der Waals surface area contributed by atoms with E-state index < -0.39 is 0 Å². The second kappa shape index (κ2) is 7.54. The molecule has 1 saturated carbocycles. The first-order chi connectivity index (χ1) is 9.28. The van der Waals surface area contributed by atoms with Gasteiger partial charge in [-0.1, -0.05) is 38.3 Å². The number of hydrogen-bond donors (Lipinski definition) is 1. The Balaban J connectivity index is 1.84. The van der Waals surface area contributed by atoms with Crippen molar-refractivity contribution >= 4 is 0 Å². The summed E-state index contributed by atoms with van der Waals surface area (Å²) in [4.78, 5) is 0. The minimum atomic E-state index is 0.536. The van der Waals surface area contributed by atoms with Crippen LogP contribution in [0.25, 0.3) is 0 Å². The molecule has 0 aliphatic heterocycles. The van der Waals surface area contributed by atoms with Gasteiger partial charge in [0.15, 0.2) is 0 Å². The summed E-state index contributed by atoms with van der Waals surface area (Å²) in [7, 11) is 0. The van der Waals surface area contributed by atoms with Gasteiger partial charge in [-0.3, -0.25) is 0 Å². The van der Waals surface area contributed by atoms with Crippen LogP contribution in [0.2, 0.25) is 0 Å². The van der Waals surface area contributed by atoms with Crippen LogP contribution >= 0.6 is 0 Å². The van der Waals surface area contributed by atoms with E-state index in [1.165, 1.54) is 37.7 Å². The zero-order valence-corrected chi connectivity index (χ0v) is 12.1. The molecule has 2 N–H and O–H groups in total. The van der Waals surface area contributed by atoms with E-state index >= 15 is 0 Å². The SMILES string of the molecule is CC(CN)Cc1cccc(OCC2CCCCC2)c1. The van der Waals surface area contributed by atoms with Gasteiger partial charge in [0.05, 0.1) is 6.61 Å². The van der Waals surface area contributed by atoms with Crippen molar-refractivity contribution < 1.29 is 4.74 Å². The average molecular weight is 261 g/mol. The maximum atomic E-state index is 5.97. The highest BCUT2D eigenvalue weighted by Crippen LogP contribution is 2.25. The smallest absolute Gasteiger partial charge is 0.119 e. The van der Waals surface area contributed by atoms with E-state index in [4.69, 9.17) is 10.5 Å². The van der Waals surface area contributed by atoms with Gasteiger partial charge in [-0.25, -0.2) is 0 Å². The highest BCUT2D eigenvalue weighted by Gasteiger charge is 2.14. The topological polar surface area (TPSA) is 35.2 Å². The van der Waals surface area contributed by atoms with Crippen LogP contribution in [0.1, 0.15) is 44.6 Å². The molecule has 2 heteroatoms. The first-order valence-corrected chi connectivity index (χ1v) is 7.69. The molecule has 1 aromatic carbocycles. The normalized spacial score (nSPS) is 18.2. The molecule has 1 aliphatic carbocycles. The summed E-state index contributed by atoms with van der Waals surface area (Å²) in [6.07, 6.45) is 7.87. The fourth-order valence-electron chi connectivity index (χ4n) is 2.82. The van der Waals surface area contributed by atoms with Crippen LogP contribution in [-0.4, -0.2) is 13.2 Å². The summed E-state index contributed by atoms with van der Waals surface area (Å²) < 4.78 is 5.97. The highest BCUT2D eigenvalue weighted by atomic mass is 16.5. The molecule has 0 aromatic heterocycles. The second-order valence-electron chi connectivity index (χ2n) is 6.01.